The first kappa shape index (κ1) is 26.4. The Hall–Kier alpha value is -5.22. The van der Waals surface area contributed by atoms with Crippen molar-refractivity contribution in [2.45, 2.75) is 38.5 Å². The van der Waals surface area contributed by atoms with Crippen LogP contribution in [-0.2, 0) is 22.4 Å². The van der Waals surface area contributed by atoms with Gasteiger partial charge in [0.25, 0.3) is 0 Å². The number of aryl methyl sites for hydroxylation is 2. The number of hydrogen-bond donors (Lipinski definition) is 2. The third-order valence-electron chi connectivity index (χ3n) is 9.44. The summed E-state index contributed by atoms with van der Waals surface area (Å²) in [4.78, 5) is 22.8. The second-order valence-corrected chi connectivity index (χ2v) is 12.0. The molecule has 0 aromatic heterocycles. The van der Waals surface area contributed by atoms with Gasteiger partial charge in [0.1, 0.15) is 0 Å². The second-order valence-electron chi connectivity index (χ2n) is 12.0. The lowest BCUT2D eigenvalue weighted by atomic mass is 9.82. The zero-order valence-corrected chi connectivity index (χ0v) is 24.2. The number of rotatable bonds is 9. The molecule has 0 aliphatic heterocycles. The molecule has 0 fully saturated rings. The highest BCUT2D eigenvalue weighted by atomic mass is 16.4. The zero-order chi connectivity index (χ0) is 29.9. The summed E-state index contributed by atoms with van der Waals surface area (Å²) < 4.78 is 0. The summed E-state index contributed by atoms with van der Waals surface area (Å²) in [5.41, 5.74) is 4.65. The molecule has 4 nitrogen and oxygen atoms in total. The molecule has 0 heterocycles. The van der Waals surface area contributed by atoms with Crippen molar-refractivity contribution in [2.24, 2.45) is 0 Å². The fraction of sp³-hybridized carbons (Fsp3) is 0.150. The molecular formula is C40H30O4. The molecule has 0 saturated heterocycles. The Bertz CT molecular complexity index is 2380. The molecular weight excluding hydrogens is 544 g/mol. The normalized spacial score (nSPS) is 12.1. The van der Waals surface area contributed by atoms with Crippen LogP contribution in [0.25, 0.3) is 75.8 Å². The Labute approximate surface area is 253 Å². The van der Waals surface area contributed by atoms with E-state index in [1.807, 2.05) is 0 Å². The summed E-state index contributed by atoms with van der Waals surface area (Å²) >= 11 is 0. The number of carbonyl (C=O) groups is 2. The Morgan fingerprint density at radius 3 is 1.70 bits per heavy atom. The fourth-order valence-electron chi connectivity index (χ4n) is 7.56. The van der Waals surface area contributed by atoms with E-state index in [9.17, 15) is 19.8 Å². The van der Waals surface area contributed by atoms with Gasteiger partial charge in [0.15, 0.2) is 0 Å². The van der Waals surface area contributed by atoms with Crippen LogP contribution in [0.15, 0.2) is 97.1 Å². The van der Waals surface area contributed by atoms with Crippen LogP contribution in [0.3, 0.4) is 0 Å². The Morgan fingerprint density at radius 2 is 1.00 bits per heavy atom. The summed E-state index contributed by atoms with van der Waals surface area (Å²) in [6, 6.07) is 35.1. The maximum absolute atomic E-state index is 11.6. The third-order valence-corrected chi connectivity index (χ3v) is 9.44. The van der Waals surface area contributed by atoms with Gasteiger partial charge in [-0.25, -0.2) is 0 Å². The quantitative estimate of drug-likeness (QED) is 0.168. The molecule has 4 heteroatoms. The van der Waals surface area contributed by atoms with E-state index in [1.165, 1.54) is 75.8 Å². The Kier molecular flexibility index (Phi) is 6.12. The van der Waals surface area contributed by atoms with E-state index in [0.717, 1.165) is 11.1 Å². The highest BCUT2D eigenvalue weighted by molar-refractivity contribution is 6.29. The smallest absolute Gasteiger partial charge is 0.303 e. The molecule has 8 rings (SSSR count). The van der Waals surface area contributed by atoms with E-state index in [4.69, 9.17) is 0 Å². The van der Waals surface area contributed by atoms with E-state index < -0.39 is 11.9 Å². The van der Waals surface area contributed by atoms with Gasteiger partial charge in [-0.15, -0.1) is 0 Å². The molecule has 2 N–H and O–H groups in total. The minimum absolute atomic E-state index is 0.123. The van der Waals surface area contributed by atoms with Crippen molar-refractivity contribution in [1.29, 1.82) is 0 Å². The molecule has 8 aromatic carbocycles. The van der Waals surface area contributed by atoms with Gasteiger partial charge in [0, 0.05) is 12.8 Å². The van der Waals surface area contributed by atoms with Gasteiger partial charge in [0.05, 0.1) is 0 Å². The van der Waals surface area contributed by atoms with Crippen LogP contribution >= 0.6 is 0 Å². The van der Waals surface area contributed by atoms with Crippen molar-refractivity contribution >= 4 is 76.6 Å². The lowest BCUT2D eigenvalue weighted by Crippen LogP contribution is -2.00. The summed E-state index contributed by atoms with van der Waals surface area (Å²) in [6.45, 7) is 0. The van der Waals surface area contributed by atoms with Gasteiger partial charge in [-0.05, 0) is 125 Å². The van der Waals surface area contributed by atoms with E-state index in [-0.39, 0.29) is 12.8 Å². The number of benzene rings is 8. The van der Waals surface area contributed by atoms with Gasteiger partial charge < -0.3 is 10.2 Å². The van der Waals surface area contributed by atoms with Crippen molar-refractivity contribution in [3.8, 4) is 11.1 Å². The first-order chi connectivity index (χ1) is 21.5. The van der Waals surface area contributed by atoms with Crippen LogP contribution in [0.5, 0.6) is 0 Å². The van der Waals surface area contributed by atoms with Gasteiger partial charge in [0.2, 0.25) is 0 Å². The van der Waals surface area contributed by atoms with Crippen molar-refractivity contribution in [1.82, 2.24) is 0 Å². The number of carboxylic acids is 2. The summed E-state index contributed by atoms with van der Waals surface area (Å²) in [5.74, 6) is -1.54. The molecule has 0 aliphatic carbocycles. The zero-order valence-electron chi connectivity index (χ0n) is 24.2. The average molecular weight is 575 g/mol. The molecule has 0 spiro atoms. The largest absolute Gasteiger partial charge is 0.481 e. The monoisotopic (exact) mass is 574 g/mol. The average Bonchev–Trinajstić information content (AvgIpc) is 3.02. The highest BCUT2D eigenvalue weighted by Crippen LogP contribution is 2.46. The lowest BCUT2D eigenvalue weighted by molar-refractivity contribution is -0.138. The van der Waals surface area contributed by atoms with Crippen LogP contribution in [-0.4, -0.2) is 22.2 Å². The molecule has 0 unspecified atom stereocenters. The van der Waals surface area contributed by atoms with Crippen LogP contribution in [0, 0.1) is 0 Å². The predicted molar refractivity (Wildman–Crippen MR) is 180 cm³/mol. The predicted octanol–water partition coefficient (Wildman–Crippen LogP) is 9.96. The molecule has 0 amide bonds. The van der Waals surface area contributed by atoms with Crippen LogP contribution < -0.4 is 0 Å². The summed E-state index contributed by atoms with van der Waals surface area (Å²) in [6.07, 6.45) is 2.79. The van der Waals surface area contributed by atoms with Gasteiger partial charge in [-0.1, -0.05) is 84.9 Å². The molecule has 214 valence electrons. The summed E-state index contributed by atoms with van der Waals surface area (Å²) in [5, 5.41) is 33.2. The first-order valence-electron chi connectivity index (χ1n) is 15.3. The Balaban J connectivity index is 1.44. The standard InChI is InChI=1S/C40H30O4/c41-35(42)11-3-5-23-15-19-32-34(21-27-9-2-8-26-16-18-29(23)40(32)38(26)27)33-22-28-14-13-24-6-1-7-25-17-20-31(39(28)37(24)25)30(33)10-4-12-36(43)44/h1-2,6-9,13-22H,3-5,10-12H2,(H,41,42)(H,43,44). The number of carboxylic acid groups (broad SMARTS) is 2. The number of hydrogen-bond acceptors (Lipinski definition) is 2. The minimum atomic E-state index is -0.776. The third kappa shape index (κ3) is 4.13. The van der Waals surface area contributed by atoms with Crippen molar-refractivity contribution in [3.05, 3.63) is 108 Å². The topological polar surface area (TPSA) is 74.6 Å². The van der Waals surface area contributed by atoms with Gasteiger partial charge in [-0.2, -0.15) is 0 Å². The maximum Gasteiger partial charge on any atom is 0.303 e. The Morgan fingerprint density at radius 1 is 0.477 bits per heavy atom. The summed E-state index contributed by atoms with van der Waals surface area (Å²) in [7, 11) is 0. The SMILES string of the molecule is O=C(O)CCCc1c(-c2cc3cccc4ccc5c(CCCC(=O)O)ccc2c5c43)cc2ccc3cccc4ccc1c2c34. The van der Waals surface area contributed by atoms with E-state index >= 15 is 0 Å². The molecule has 8 aromatic rings. The molecule has 0 radical (unpaired) electrons. The number of aliphatic carboxylic acids is 2. The van der Waals surface area contributed by atoms with Crippen LogP contribution in [0.2, 0.25) is 0 Å². The first-order valence-corrected chi connectivity index (χ1v) is 15.3. The molecule has 0 saturated carbocycles. The molecule has 0 aliphatic rings. The molecule has 0 atom stereocenters. The maximum atomic E-state index is 11.6. The van der Waals surface area contributed by atoms with Crippen molar-refractivity contribution in [3.63, 3.8) is 0 Å². The van der Waals surface area contributed by atoms with E-state index in [2.05, 4.69) is 97.1 Å². The van der Waals surface area contributed by atoms with Crippen LogP contribution in [0.1, 0.15) is 36.8 Å². The van der Waals surface area contributed by atoms with Gasteiger partial charge in [-0.3, -0.25) is 9.59 Å². The van der Waals surface area contributed by atoms with E-state index in [1.54, 1.807) is 0 Å². The lowest BCUT2D eigenvalue weighted by Gasteiger charge is -2.21. The van der Waals surface area contributed by atoms with E-state index in [0.29, 0.717) is 25.7 Å². The van der Waals surface area contributed by atoms with Crippen molar-refractivity contribution < 1.29 is 19.8 Å². The minimum Gasteiger partial charge on any atom is -0.481 e. The molecule has 44 heavy (non-hydrogen) atoms. The van der Waals surface area contributed by atoms with Crippen molar-refractivity contribution in [2.75, 3.05) is 0 Å². The second kappa shape index (κ2) is 10.2. The van der Waals surface area contributed by atoms with Crippen LogP contribution in [0.4, 0.5) is 0 Å². The van der Waals surface area contributed by atoms with Gasteiger partial charge >= 0.3 is 11.9 Å². The fourth-order valence-corrected chi connectivity index (χ4v) is 7.56. The molecule has 0 bridgehead atoms. The highest BCUT2D eigenvalue weighted by Gasteiger charge is 2.20.